The highest BCUT2D eigenvalue weighted by Gasteiger charge is 2.49. The van der Waals surface area contributed by atoms with Gasteiger partial charge in [0.1, 0.15) is 0 Å². The number of nitrogens with zero attached hydrogens (tertiary/aromatic N) is 1. The van der Waals surface area contributed by atoms with Crippen molar-refractivity contribution in [2.75, 3.05) is 4.90 Å². The first kappa shape index (κ1) is 35.9. The highest BCUT2D eigenvalue weighted by molar-refractivity contribution is 5.99. The third-order valence-electron chi connectivity index (χ3n) is 13.1. The van der Waals surface area contributed by atoms with E-state index < -0.39 is 5.41 Å². The van der Waals surface area contributed by atoms with Crippen molar-refractivity contribution in [1.29, 1.82) is 0 Å². The predicted octanol–water partition coefficient (Wildman–Crippen LogP) is 16.2. The van der Waals surface area contributed by atoms with Gasteiger partial charge in [0.15, 0.2) is 0 Å². The summed E-state index contributed by atoms with van der Waals surface area (Å²) in [4.78, 5) is 2.41. The van der Waals surface area contributed by atoms with Crippen molar-refractivity contribution < 1.29 is 0 Å². The molecule has 0 bridgehead atoms. The van der Waals surface area contributed by atoms with Crippen LogP contribution in [0.25, 0.3) is 66.8 Å². The highest BCUT2D eigenvalue weighted by Crippen LogP contribution is 2.62. The minimum absolute atomic E-state index is 0.511. The van der Waals surface area contributed by atoms with E-state index in [1.165, 1.54) is 89.0 Å². The lowest BCUT2D eigenvalue weighted by Crippen LogP contribution is -2.29. The number of fused-ring (bicyclic) bond motifs is 12. The Morgan fingerprint density at radius 3 is 1.05 bits per heavy atom. The van der Waals surface area contributed by atoms with Crippen LogP contribution in [-0.2, 0) is 5.41 Å². The number of rotatable bonds is 6. The van der Waals surface area contributed by atoms with Crippen LogP contribution in [0.4, 0.5) is 17.1 Å². The SMILES string of the molecule is c1ccc(-c2ccc(N(c3ccc(-c4ccccc4)cc3)c3ccccc3-c3ccc4c(c3)-c3ccccc3C43c4ccccc4-c4ccccc4-c4ccccc43)cc2)cc1. The fraction of sp³-hybridized carbons (Fsp3) is 0.0164. The molecule has 10 aromatic carbocycles. The van der Waals surface area contributed by atoms with Gasteiger partial charge in [0, 0.05) is 16.9 Å². The zero-order chi connectivity index (χ0) is 41.0. The molecule has 290 valence electrons. The third-order valence-corrected chi connectivity index (χ3v) is 13.1. The fourth-order valence-electron chi connectivity index (χ4n) is 10.4. The van der Waals surface area contributed by atoms with Crippen molar-refractivity contribution in [3.8, 4) is 66.8 Å². The molecule has 0 amide bonds. The Morgan fingerprint density at radius 1 is 0.226 bits per heavy atom. The molecular formula is C61H41N. The minimum Gasteiger partial charge on any atom is -0.310 e. The van der Waals surface area contributed by atoms with Crippen molar-refractivity contribution >= 4 is 17.1 Å². The van der Waals surface area contributed by atoms with Gasteiger partial charge in [-0.2, -0.15) is 0 Å². The first-order valence-electron chi connectivity index (χ1n) is 21.5. The van der Waals surface area contributed by atoms with Crippen LogP contribution in [0.15, 0.2) is 249 Å². The Hall–Kier alpha value is -8.00. The molecule has 0 heterocycles. The van der Waals surface area contributed by atoms with Crippen LogP contribution in [0.2, 0.25) is 0 Å². The zero-order valence-corrected chi connectivity index (χ0v) is 34.1. The van der Waals surface area contributed by atoms with E-state index in [0.29, 0.717) is 0 Å². The summed E-state index contributed by atoms with van der Waals surface area (Å²) in [5, 5.41) is 0. The van der Waals surface area contributed by atoms with Gasteiger partial charge >= 0.3 is 0 Å². The molecule has 0 N–H and O–H groups in total. The minimum atomic E-state index is -0.511. The van der Waals surface area contributed by atoms with Gasteiger partial charge in [-0.25, -0.2) is 0 Å². The monoisotopic (exact) mass is 787 g/mol. The fourth-order valence-corrected chi connectivity index (χ4v) is 10.4. The number of para-hydroxylation sites is 1. The van der Waals surface area contributed by atoms with Crippen molar-refractivity contribution in [3.05, 3.63) is 271 Å². The Morgan fingerprint density at radius 2 is 0.565 bits per heavy atom. The van der Waals surface area contributed by atoms with Crippen molar-refractivity contribution in [1.82, 2.24) is 0 Å². The topological polar surface area (TPSA) is 3.24 Å². The first-order chi connectivity index (χ1) is 30.8. The highest BCUT2D eigenvalue weighted by atomic mass is 15.1. The number of hydrogen-bond acceptors (Lipinski definition) is 1. The van der Waals surface area contributed by atoms with Gasteiger partial charge in [-0.05, 0) is 120 Å². The van der Waals surface area contributed by atoms with Gasteiger partial charge in [0.25, 0.3) is 0 Å². The molecule has 0 saturated heterocycles. The van der Waals surface area contributed by atoms with E-state index in [9.17, 15) is 0 Å². The van der Waals surface area contributed by atoms with Gasteiger partial charge in [-0.15, -0.1) is 0 Å². The number of hydrogen-bond donors (Lipinski definition) is 0. The van der Waals surface area contributed by atoms with Gasteiger partial charge in [0.05, 0.1) is 11.1 Å². The predicted molar refractivity (Wildman–Crippen MR) is 259 cm³/mol. The maximum absolute atomic E-state index is 2.46. The first-order valence-corrected chi connectivity index (χ1v) is 21.5. The van der Waals surface area contributed by atoms with Crippen molar-refractivity contribution in [2.45, 2.75) is 5.41 Å². The van der Waals surface area contributed by atoms with Gasteiger partial charge in [-0.3, -0.25) is 0 Å². The molecular weight excluding hydrogens is 747 g/mol. The normalized spacial score (nSPS) is 12.6. The van der Waals surface area contributed by atoms with Crippen LogP contribution < -0.4 is 4.90 Å². The molecule has 0 atom stereocenters. The van der Waals surface area contributed by atoms with Crippen molar-refractivity contribution in [3.63, 3.8) is 0 Å². The van der Waals surface area contributed by atoms with Crippen LogP contribution in [0.3, 0.4) is 0 Å². The zero-order valence-electron chi connectivity index (χ0n) is 34.1. The summed E-state index contributed by atoms with van der Waals surface area (Å²) < 4.78 is 0. The van der Waals surface area contributed by atoms with Gasteiger partial charge < -0.3 is 4.90 Å². The Balaban J connectivity index is 1.05. The average Bonchev–Trinajstić information content (AvgIpc) is 3.59. The van der Waals surface area contributed by atoms with Crippen LogP contribution in [0.1, 0.15) is 22.3 Å². The molecule has 1 spiro atoms. The molecule has 1 heteroatoms. The Bertz CT molecular complexity index is 3120. The molecule has 1 nitrogen and oxygen atoms in total. The molecule has 10 aromatic rings. The number of anilines is 3. The molecule has 12 rings (SSSR count). The second kappa shape index (κ2) is 14.6. The molecule has 0 fully saturated rings. The van der Waals surface area contributed by atoms with Crippen molar-refractivity contribution in [2.24, 2.45) is 0 Å². The second-order valence-electron chi connectivity index (χ2n) is 16.4. The van der Waals surface area contributed by atoms with E-state index in [1.807, 2.05) is 0 Å². The summed E-state index contributed by atoms with van der Waals surface area (Å²) in [7, 11) is 0. The Labute approximate surface area is 363 Å². The molecule has 0 radical (unpaired) electrons. The maximum Gasteiger partial charge on any atom is 0.0725 e. The second-order valence-corrected chi connectivity index (χ2v) is 16.4. The van der Waals surface area contributed by atoms with E-state index in [2.05, 4.69) is 254 Å². The lowest BCUT2D eigenvalue weighted by atomic mass is 9.66. The lowest BCUT2D eigenvalue weighted by molar-refractivity contribution is 0.775. The summed E-state index contributed by atoms with van der Waals surface area (Å²) >= 11 is 0. The summed E-state index contributed by atoms with van der Waals surface area (Å²) in [5.41, 5.74) is 22.9. The lowest BCUT2D eigenvalue weighted by Gasteiger charge is -2.35. The van der Waals surface area contributed by atoms with E-state index >= 15 is 0 Å². The summed E-state index contributed by atoms with van der Waals surface area (Å²) in [5.74, 6) is 0. The van der Waals surface area contributed by atoms with Gasteiger partial charge in [0.2, 0.25) is 0 Å². The summed E-state index contributed by atoms with van der Waals surface area (Å²) in [6.45, 7) is 0. The van der Waals surface area contributed by atoms with E-state index in [0.717, 1.165) is 17.1 Å². The van der Waals surface area contributed by atoms with Crippen LogP contribution in [-0.4, -0.2) is 0 Å². The average molecular weight is 788 g/mol. The molecule has 0 aliphatic heterocycles. The molecule has 0 saturated carbocycles. The quantitative estimate of drug-likeness (QED) is 0.162. The van der Waals surface area contributed by atoms with E-state index in [-0.39, 0.29) is 0 Å². The Kier molecular flexibility index (Phi) is 8.47. The third kappa shape index (κ3) is 5.56. The number of benzene rings is 10. The molecule has 0 aromatic heterocycles. The maximum atomic E-state index is 2.46. The smallest absolute Gasteiger partial charge is 0.0725 e. The van der Waals surface area contributed by atoms with E-state index in [4.69, 9.17) is 0 Å². The van der Waals surface area contributed by atoms with E-state index in [1.54, 1.807) is 0 Å². The largest absolute Gasteiger partial charge is 0.310 e. The molecule has 62 heavy (non-hydrogen) atoms. The van der Waals surface area contributed by atoms with Gasteiger partial charge in [-0.1, -0.05) is 212 Å². The standard InChI is InChI=1S/C61H41N/c1-3-17-42(18-4-1)44-31-36-47(37-32-44)62(48-38-33-45(34-39-48)43-19-5-2-6-20-43)60-30-16-12-21-49(60)46-35-40-59-55(41-46)54-26-11-15-29-58(54)61(59)56-27-13-9-24-52(56)50-22-7-8-23-51(50)53-25-10-14-28-57(53)61/h1-41H. The molecule has 0 unspecified atom stereocenters. The van der Waals surface area contributed by atoms with Crippen LogP contribution in [0.5, 0.6) is 0 Å². The summed E-state index contributed by atoms with van der Waals surface area (Å²) in [6.07, 6.45) is 0. The summed E-state index contributed by atoms with van der Waals surface area (Å²) in [6, 6.07) is 91.6. The molecule has 2 aliphatic rings. The van der Waals surface area contributed by atoms with Crippen LogP contribution in [0, 0.1) is 0 Å². The van der Waals surface area contributed by atoms with Crippen LogP contribution >= 0.6 is 0 Å². The molecule has 2 aliphatic carbocycles.